The minimum atomic E-state index is -1.04. The third-order valence-electron chi connectivity index (χ3n) is 2.76. The normalized spacial score (nSPS) is 23.8. The summed E-state index contributed by atoms with van der Waals surface area (Å²) in [6.45, 7) is 2.43. The van der Waals surface area contributed by atoms with E-state index in [0.29, 0.717) is 0 Å². The summed E-state index contributed by atoms with van der Waals surface area (Å²) in [6.07, 6.45) is 5.86. The van der Waals surface area contributed by atoms with Crippen LogP contribution in [0.5, 0.6) is 0 Å². The van der Waals surface area contributed by atoms with Crippen LogP contribution in [0.2, 0.25) is 0 Å². The van der Waals surface area contributed by atoms with Gasteiger partial charge in [0.2, 0.25) is 5.91 Å². The maximum Gasteiger partial charge on any atom is 0.323 e. The first-order chi connectivity index (χ1) is 7.56. The van der Waals surface area contributed by atoms with E-state index < -0.39 is 5.97 Å². The van der Waals surface area contributed by atoms with E-state index in [2.05, 4.69) is 11.2 Å². The van der Waals surface area contributed by atoms with E-state index in [-0.39, 0.29) is 31.0 Å². The van der Waals surface area contributed by atoms with Gasteiger partial charge < -0.3 is 15.3 Å². The van der Waals surface area contributed by atoms with E-state index in [0.717, 1.165) is 13.0 Å². The molecule has 0 aromatic heterocycles. The summed E-state index contributed by atoms with van der Waals surface area (Å²) in [4.78, 5) is 23.8. The number of nitrogens with one attached hydrogen (secondary N) is 1. The first-order valence-corrected chi connectivity index (χ1v) is 5.23. The first kappa shape index (κ1) is 12.5. The highest BCUT2D eigenvalue weighted by Gasteiger charge is 2.32. The van der Waals surface area contributed by atoms with Crippen molar-refractivity contribution in [2.75, 3.05) is 19.6 Å². The number of carbonyl (C=O) groups is 2. The van der Waals surface area contributed by atoms with Gasteiger partial charge in [-0.05, 0) is 19.9 Å². The van der Waals surface area contributed by atoms with Crippen LogP contribution in [-0.4, -0.2) is 47.6 Å². The molecule has 1 saturated heterocycles. The average molecular weight is 224 g/mol. The molecule has 0 spiro atoms. The van der Waals surface area contributed by atoms with Gasteiger partial charge in [-0.25, -0.2) is 0 Å². The van der Waals surface area contributed by atoms with Gasteiger partial charge in [0.25, 0.3) is 0 Å². The Kier molecular flexibility index (Phi) is 4.32. The standard InChI is InChI=1S/C11H16N2O3/c1-3-6-13(7-10(14)15)11(16)9-4-5-12-8(9)2/h1,8-9,12H,4-7H2,2H3,(H,14,15). The molecule has 0 saturated carbocycles. The Bertz CT molecular complexity index is 322. The largest absolute Gasteiger partial charge is 0.480 e. The number of hydrogen-bond acceptors (Lipinski definition) is 3. The Morgan fingerprint density at radius 1 is 1.62 bits per heavy atom. The molecular weight excluding hydrogens is 208 g/mol. The Morgan fingerprint density at radius 2 is 2.31 bits per heavy atom. The van der Waals surface area contributed by atoms with Crippen molar-refractivity contribution in [3.63, 3.8) is 0 Å². The van der Waals surface area contributed by atoms with Gasteiger partial charge in [0.1, 0.15) is 6.54 Å². The van der Waals surface area contributed by atoms with Crippen LogP contribution >= 0.6 is 0 Å². The lowest BCUT2D eigenvalue weighted by atomic mass is 10.0. The summed E-state index contributed by atoms with van der Waals surface area (Å²) in [7, 11) is 0. The van der Waals surface area contributed by atoms with Crippen LogP contribution in [0, 0.1) is 18.3 Å². The maximum absolute atomic E-state index is 12.0. The van der Waals surface area contributed by atoms with Gasteiger partial charge >= 0.3 is 5.97 Å². The summed E-state index contributed by atoms with van der Waals surface area (Å²) in [6, 6.07) is 0.0848. The average Bonchev–Trinajstić information content (AvgIpc) is 2.62. The molecular formula is C11H16N2O3. The molecule has 5 heteroatoms. The van der Waals surface area contributed by atoms with Crippen LogP contribution in [0.15, 0.2) is 0 Å². The molecule has 0 aliphatic carbocycles. The van der Waals surface area contributed by atoms with Crippen molar-refractivity contribution < 1.29 is 14.7 Å². The summed E-state index contributed by atoms with van der Waals surface area (Å²) < 4.78 is 0. The molecule has 1 aliphatic rings. The SMILES string of the molecule is C#CCN(CC(=O)O)C(=O)C1CCNC1C. The van der Waals surface area contributed by atoms with Gasteiger partial charge in [-0.15, -0.1) is 6.42 Å². The molecule has 2 atom stereocenters. The fourth-order valence-electron chi connectivity index (χ4n) is 1.92. The van der Waals surface area contributed by atoms with E-state index in [1.54, 1.807) is 0 Å². The Morgan fingerprint density at radius 3 is 2.75 bits per heavy atom. The van der Waals surface area contributed by atoms with E-state index in [9.17, 15) is 9.59 Å². The highest BCUT2D eigenvalue weighted by Crippen LogP contribution is 2.17. The lowest BCUT2D eigenvalue weighted by Gasteiger charge is -2.23. The fraction of sp³-hybridized carbons (Fsp3) is 0.636. The van der Waals surface area contributed by atoms with Gasteiger partial charge in [0, 0.05) is 6.04 Å². The smallest absolute Gasteiger partial charge is 0.323 e. The molecule has 1 fully saturated rings. The Balaban J connectivity index is 2.66. The zero-order chi connectivity index (χ0) is 12.1. The van der Waals surface area contributed by atoms with Crippen molar-refractivity contribution in [3.05, 3.63) is 0 Å². The van der Waals surface area contributed by atoms with Crippen molar-refractivity contribution in [1.82, 2.24) is 10.2 Å². The Labute approximate surface area is 94.8 Å². The lowest BCUT2D eigenvalue weighted by Crippen LogP contribution is -2.42. The number of amides is 1. The molecule has 1 aliphatic heterocycles. The summed E-state index contributed by atoms with van der Waals surface area (Å²) in [5.41, 5.74) is 0. The predicted octanol–water partition coefficient (Wildman–Crippen LogP) is -0.469. The van der Waals surface area contributed by atoms with E-state index >= 15 is 0 Å². The first-order valence-electron chi connectivity index (χ1n) is 5.23. The molecule has 0 radical (unpaired) electrons. The van der Waals surface area contributed by atoms with E-state index in [4.69, 9.17) is 11.5 Å². The van der Waals surface area contributed by atoms with Gasteiger partial charge in [-0.1, -0.05) is 5.92 Å². The van der Waals surface area contributed by atoms with Crippen molar-refractivity contribution in [2.45, 2.75) is 19.4 Å². The molecule has 1 heterocycles. The number of nitrogens with zero attached hydrogens (tertiary/aromatic N) is 1. The fourth-order valence-corrected chi connectivity index (χ4v) is 1.92. The number of carboxylic acid groups (broad SMARTS) is 1. The van der Waals surface area contributed by atoms with Gasteiger partial charge in [0.05, 0.1) is 12.5 Å². The van der Waals surface area contributed by atoms with Crippen molar-refractivity contribution >= 4 is 11.9 Å². The Hall–Kier alpha value is -1.54. The molecule has 88 valence electrons. The number of aliphatic carboxylic acids is 1. The molecule has 1 amide bonds. The zero-order valence-electron chi connectivity index (χ0n) is 9.27. The van der Waals surface area contributed by atoms with Gasteiger partial charge in [-0.2, -0.15) is 0 Å². The van der Waals surface area contributed by atoms with Crippen molar-refractivity contribution in [1.29, 1.82) is 0 Å². The minimum absolute atomic E-state index is 0.0500. The third-order valence-corrected chi connectivity index (χ3v) is 2.76. The molecule has 5 nitrogen and oxygen atoms in total. The number of carbonyl (C=O) groups excluding carboxylic acids is 1. The topological polar surface area (TPSA) is 69.6 Å². The second-order valence-corrected chi connectivity index (χ2v) is 3.93. The summed E-state index contributed by atoms with van der Waals surface area (Å²) in [5, 5.41) is 11.8. The molecule has 1 rings (SSSR count). The van der Waals surface area contributed by atoms with Crippen LogP contribution in [-0.2, 0) is 9.59 Å². The van der Waals surface area contributed by atoms with E-state index in [1.807, 2.05) is 6.92 Å². The van der Waals surface area contributed by atoms with Crippen LogP contribution in [0.25, 0.3) is 0 Å². The monoisotopic (exact) mass is 224 g/mol. The van der Waals surface area contributed by atoms with Crippen LogP contribution in [0.3, 0.4) is 0 Å². The molecule has 2 unspecified atom stereocenters. The highest BCUT2D eigenvalue weighted by atomic mass is 16.4. The molecule has 2 N–H and O–H groups in total. The summed E-state index contributed by atoms with van der Waals surface area (Å²) >= 11 is 0. The van der Waals surface area contributed by atoms with Crippen LogP contribution < -0.4 is 5.32 Å². The quantitative estimate of drug-likeness (QED) is 0.633. The minimum Gasteiger partial charge on any atom is -0.480 e. The molecule has 16 heavy (non-hydrogen) atoms. The molecule has 0 aromatic carbocycles. The number of carboxylic acids is 1. The maximum atomic E-state index is 12.0. The second-order valence-electron chi connectivity index (χ2n) is 3.93. The van der Waals surface area contributed by atoms with Crippen molar-refractivity contribution in [3.8, 4) is 12.3 Å². The number of rotatable bonds is 4. The number of terminal acetylenes is 1. The van der Waals surface area contributed by atoms with Crippen LogP contribution in [0.4, 0.5) is 0 Å². The zero-order valence-corrected chi connectivity index (χ0v) is 9.27. The summed E-state index contributed by atoms with van der Waals surface area (Å²) in [5.74, 6) is 0.946. The second kappa shape index (κ2) is 5.52. The van der Waals surface area contributed by atoms with Gasteiger partial charge in [0.15, 0.2) is 0 Å². The molecule has 0 aromatic rings. The predicted molar refractivity (Wildman–Crippen MR) is 58.6 cm³/mol. The van der Waals surface area contributed by atoms with Crippen molar-refractivity contribution in [2.24, 2.45) is 5.92 Å². The lowest BCUT2D eigenvalue weighted by molar-refractivity contribution is -0.145. The van der Waals surface area contributed by atoms with Gasteiger partial charge in [-0.3, -0.25) is 9.59 Å². The highest BCUT2D eigenvalue weighted by molar-refractivity contribution is 5.84. The van der Waals surface area contributed by atoms with E-state index in [1.165, 1.54) is 4.90 Å². The van der Waals surface area contributed by atoms with Crippen LogP contribution in [0.1, 0.15) is 13.3 Å². The third kappa shape index (κ3) is 2.97. The number of hydrogen-bond donors (Lipinski definition) is 2. The molecule has 0 bridgehead atoms.